The fourth-order valence-electron chi connectivity index (χ4n) is 1.56. The number of benzene rings is 1. The number of rotatable bonds is 5. The highest BCUT2D eigenvalue weighted by atomic mass is 16.6. The molecule has 0 aliphatic heterocycles. The number of ketones is 1. The largest absolute Gasteiger partial charge is 0.294 e. The first-order chi connectivity index (χ1) is 8.04. The summed E-state index contributed by atoms with van der Waals surface area (Å²) in [5, 5.41) is 0. The van der Waals surface area contributed by atoms with E-state index in [-0.39, 0.29) is 24.5 Å². The van der Waals surface area contributed by atoms with E-state index < -0.39 is 0 Å². The Morgan fingerprint density at radius 1 is 1.24 bits per heavy atom. The molecule has 0 aromatic heterocycles. The third kappa shape index (κ3) is 4.00. The maximum Gasteiger partial charge on any atom is 0.243 e. The molecule has 4 nitrogen and oxygen atoms in total. The van der Waals surface area contributed by atoms with Crippen LogP contribution < -0.4 is 5.48 Å². The lowest BCUT2D eigenvalue weighted by molar-refractivity contribution is -0.131. The van der Waals surface area contributed by atoms with Crippen LogP contribution in [0.4, 0.5) is 0 Å². The maximum atomic E-state index is 11.9. The SMILES string of the molecule is CONC(=O)CCC(=O)c1cc(C)ccc1C. The van der Waals surface area contributed by atoms with Crippen LogP contribution in [0.2, 0.25) is 0 Å². The Labute approximate surface area is 101 Å². The minimum Gasteiger partial charge on any atom is -0.294 e. The smallest absolute Gasteiger partial charge is 0.243 e. The van der Waals surface area contributed by atoms with Gasteiger partial charge in [0.15, 0.2) is 5.78 Å². The number of hydroxylamine groups is 1. The molecule has 4 heteroatoms. The molecule has 0 saturated heterocycles. The Kier molecular flexibility index (Phi) is 4.84. The van der Waals surface area contributed by atoms with Crippen LogP contribution in [-0.4, -0.2) is 18.8 Å². The summed E-state index contributed by atoms with van der Waals surface area (Å²) >= 11 is 0. The predicted octanol–water partition coefficient (Wildman–Crippen LogP) is 1.94. The zero-order valence-electron chi connectivity index (χ0n) is 10.4. The van der Waals surface area contributed by atoms with Crippen molar-refractivity contribution in [2.45, 2.75) is 26.7 Å². The van der Waals surface area contributed by atoms with Gasteiger partial charge in [0.1, 0.15) is 0 Å². The Bertz CT molecular complexity index is 427. The van der Waals surface area contributed by atoms with Gasteiger partial charge < -0.3 is 0 Å². The second kappa shape index (κ2) is 6.15. The van der Waals surface area contributed by atoms with Crippen LogP contribution in [0.1, 0.15) is 34.3 Å². The lowest BCUT2D eigenvalue weighted by Gasteiger charge is -2.06. The van der Waals surface area contributed by atoms with Gasteiger partial charge in [-0.05, 0) is 25.5 Å². The molecule has 0 bridgehead atoms. The summed E-state index contributed by atoms with van der Waals surface area (Å²) in [5.41, 5.74) is 4.86. The van der Waals surface area contributed by atoms with Crippen molar-refractivity contribution in [3.8, 4) is 0 Å². The molecule has 0 aliphatic carbocycles. The molecule has 0 aliphatic rings. The number of carbonyl (C=O) groups is 2. The topological polar surface area (TPSA) is 55.4 Å². The van der Waals surface area contributed by atoms with E-state index in [1.165, 1.54) is 7.11 Å². The third-order valence-corrected chi connectivity index (χ3v) is 2.49. The molecule has 0 fully saturated rings. The van der Waals surface area contributed by atoms with E-state index in [1.807, 2.05) is 32.0 Å². The summed E-state index contributed by atoms with van der Waals surface area (Å²) in [4.78, 5) is 27.5. The number of nitrogens with one attached hydrogen (secondary N) is 1. The van der Waals surface area contributed by atoms with Gasteiger partial charge in [-0.1, -0.05) is 17.7 Å². The zero-order chi connectivity index (χ0) is 12.8. The van der Waals surface area contributed by atoms with Crippen molar-refractivity contribution in [2.75, 3.05) is 7.11 Å². The quantitative estimate of drug-likeness (QED) is 0.627. The van der Waals surface area contributed by atoms with E-state index in [4.69, 9.17) is 0 Å². The minimum atomic E-state index is -0.286. The second-order valence-electron chi connectivity index (χ2n) is 3.97. The van der Waals surface area contributed by atoms with Gasteiger partial charge in [0, 0.05) is 18.4 Å². The first kappa shape index (κ1) is 13.4. The summed E-state index contributed by atoms with van der Waals surface area (Å²) in [6, 6.07) is 5.73. The van der Waals surface area contributed by atoms with Crippen molar-refractivity contribution in [2.24, 2.45) is 0 Å². The van der Waals surface area contributed by atoms with E-state index in [0.717, 1.165) is 11.1 Å². The number of hydrogen-bond acceptors (Lipinski definition) is 3. The first-order valence-electron chi connectivity index (χ1n) is 5.47. The minimum absolute atomic E-state index is 0.0162. The molecule has 0 unspecified atom stereocenters. The molecule has 1 rings (SSSR count). The number of amides is 1. The van der Waals surface area contributed by atoms with Gasteiger partial charge in [-0.2, -0.15) is 0 Å². The second-order valence-corrected chi connectivity index (χ2v) is 3.97. The van der Waals surface area contributed by atoms with Crippen molar-refractivity contribution in [3.05, 3.63) is 34.9 Å². The molecule has 0 heterocycles. The molecule has 0 atom stereocenters. The van der Waals surface area contributed by atoms with Crippen LogP contribution in [0.25, 0.3) is 0 Å². The number of Topliss-reactive ketones (excluding diaryl/α,β-unsaturated/α-hetero) is 1. The predicted molar refractivity (Wildman–Crippen MR) is 64.6 cm³/mol. The lowest BCUT2D eigenvalue weighted by atomic mass is 9.99. The summed E-state index contributed by atoms with van der Waals surface area (Å²) < 4.78 is 0. The van der Waals surface area contributed by atoms with E-state index >= 15 is 0 Å². The molecule has 17 heavy (non-hydrogen) atoms. The highest BCUT2D eigenvalue weighted by molar-refractivity contribution is 5.99. The summed E-state index contributed by atoms with van der Waals surface area (Å²) in [7, 11) is 1.37. The molecular formula is C13H17NO3. The van der Waals surface area contributed by atoms with Crippen molar-refractivity contribution in [1.29, 1.82) is 0 Å². The standard InChI is InChI=1S/C13H17NO3/c1-9-4-5-10(2)11(8-9)12(15)6-7-13(16)14-17-3/h4-5,8H,6-7H2,1-3H3,(H,14,16). The molecule has 0 radical (unpaired) electrons. The molecule has 1 aromatic rings. The molecule has 0 saturated carbocycles. The highest BCUT2D eigenvalue weighted by Crippen LogP contribution is 2.13. The highest BCUT2D eigenvalue weighted by Gasteiger charge is 2.11. The summed E-state index contributed by atoms with van der Waals surface area (Å²) in [5.74, 6) is -0.302. The lowest BCUT2D eigenvalue weighted by Crippen LogP contribution is -2.22. The van der Waals surface area contributed by atoms with Gasteiger partial charge in [-0.25, -0.2) is 5.48 Å². The van der Waals surface area contributed by atoms with Gasteiger partial charge >= 0.3 is 0 Å². The monoisotopic (exact) mass is 235 g/mol. The van der Waals surface area contributed by atoms with Crippen LogP contribution >= 0.6 is 0 Å². The van der Waals surface area contributed by atoms with Crippen LogP contribution in [0.5, 0.6) is 0 Å². The normalized spacial score (nSPS) is 10.1. The fourth-order valence-corrected chi connectivity index (χ4v) is 1.56. The molecule has 1 N–H and O–H groups in total. The van der Waals surface area contributed by atoms with E-state index in [0.29, 0.717) is 5.56 Å². The average Bonchev–Trinajstić information content (AvgIpc) is 2.29. The zero-order valence-corrected chi connectivity index (χ0v) is 10.4. The Morgan fingerprint density at radius 2 is 1.94 bits per heavy atom. The Hall–Kier alpha value is -1.68. The van der Waals surface area contributed by atoms with E-state index in [1.54, 1.807) is 0 Å². The summed E-state index contributed by atoms with van der Waals surface area (Å²) in [6.45, 7) is 3.83. The Balaban J connectivity index is 2.64. The molecule has 1 amide bonds. The van der Waals surface area contributed by atoms with Gasteiger partial charge in [0.2, 0.25) is 5.91 Å². The van der Waals surface area contributed by atoms with Crippen molar-refractivity contribution < 1.29 is 14.4 Å². The van der Waals surface area contributed by atoms with E-state index in [2.05, 4.69) is 10.3 Å². The van der Waals surface area contributed by atoms with Crippen LogP contribution in [0, 0.1) is 13.8 Å². The van der Waals surface area contributed by atoms with E-state index in [9.17, 15) is 9.59 Å². The van der Waals surface area contributed by atoms with Crippen molar-refractivity contribution in [3.63, 3.8) is 0 Å². The Morgan fingerprint density at radius 3 is 2.59 bits per heavy atom. The third-order valence-electron chi connectivity index (χ3n) is 2.49. The number of hydrogen-bond donors (Lipinski definition) is 1. The summed E-state index contributed by atoms with van der Waals surface area (Å²) in [6.07, 6.45) is 0.333. The first-order valence-corrected chi connectivity index (χ1v) is 5.47. The van der Waals surface area contributed by atoms with Gasteiger partial charge in [0.05, 0.1) is 7.11 Å². The van der Waals surface area contributed by atoms with Gasteiger partial charge in [-0.3, -0.25) is 14.4 Å². The van der Waals surface area contributed by atoms with Gasteiger partial charge in [-0.15, -0.1) is 0 Å². The van der Waals surface area contributed by atoms with Gasteiger partial charge in [0.25, 0.3) is 0 Å². The molecule has 0 spiro atoms. The number of carbonyl (C=O) groups excluding carboxylic acids is 2. The molecule has 92 valence electrons. The van der Waals surface area contributed by atoms with Crippen LogP contribution in [0.15, 0.2) is 18.2 Å². The van der Waals surface area contributed by atoms with Crippen LogP contribution in [-0.2, 0) is 9.63 Å². The fraction of sp³-hybridized carbons (Fsp3) is 0.385. The van der Waals surface area contributed by atoms with Crippen LogP contribution in [0.3, 0.4) is 0 Å². The average molecular weight is 235 g/mol. The number of aryl methyl sites for hydroxylation is 2. The van der Waals surface area contributed by atoms with Crippen molar-refractivity contribution >= 4 is 11.7 Å². The molecule has 1 aromatic carbocycles. The maximum absolute atomic E-state index is 11.9. The van der Waals surface area contributed by atoms with Crippen molar-refractivity contribution in [1.82, 2.24) is 5.48 Å². The molecular weight excluding hydrogens is 218 g/mol.